The lowest BCUT2D eigenvalue weighted by molar-refractivity contribution is -0.122. The maximum Gasteiger partial charge on any atom is 0.312 e. The Morgan fingerprint density at radius 1 is 1.20 bits per heavy atom. The number of carbonyl (C=O) groups excluding carboxylic acids is 2. The van der Waals surface area contributed by atoms with Crippen LogP contribution in [0.2, 0.25) is 0 Å². The molecule has 1 aromatic carbocycles. The molecule has 1 heterocycles. The van der Waals surface area contributed by atoms with Crippen LogP contribution in [0.25, 0.3) is 0 Å². The number of carbonyl (C=O) groups is 2. The third-order valence-electron chi connectivity index (χ3n) is 4.77. The summed E-state index contributed by atoms with van der Waals surface area (Å²) in [5, 5.41) is 5.20. The van der Waals surface area contributed by atoms with E-state index in [0.717, 1.165) is 32.7 Å². The van der Waals surface area contributed by atoms with Gasteiger partial charge >= 0.3 is 6.03 Å². The number of hydrogen-bond donors (Lipinski definition) is 3. The molecule has 0 aromatic heterocycles. The first-order chi connectivity index (χ1) is 11.9. The molecule has 0 spiro atoms. The van der Waals surface area contributed by atoms with E-state index in [4.69, 9.17) is 5.73 Å². The summed E-state index contributed by atoms with van der Waals surface area (Å²) in [5.74, 6) is -0.215. The van der Waals surface area contributed by atoms with Gasteiger partial charge < -0.3 is 21.3 Å². The van der Waals surface area contributed by atoms with Crippen molar-refractivity contribution in [2.75, 3.05) is 44.2 Å². The highest BCUT2D eigenvalue weighted by molar-refractivity contribution is 5.86. The Balaban J connectivity index is 1.73. The lowest BCUT2D eigenvalue weighted by Crippen LogP contribution is -2.51. The number of hydrogen-bond acceptors (Lipinski definition) is 4. The van der Waals surface area contributed by atoms with Crippen molar-refractivity contribution in [3.05, 3.63) is 29.3 Å². The summed E-state index contributed by atoms with van der Waals surface area (Å²) in [4.78, 5) is 27.3. The first kappa shape index (κ1) is 19.1. The van der Waals surface area contributed by atoms with Crippen molar-refractivity contribution in [1.82, 2.24) is 15.5 Å². The number of piperazine rings is 1. The molecule has 1 atom stereocenters. The summed E-state index contributed by atoms with van der Waals surface area (Å²) in [6.45, 7) is 11.2. The summed E-state index contributed by atoms with van der Waals surface area (Å²) in [6.07, 6.45) is 0. The molecule has 2 rings (SSSR count). The van der Waals surface area contributed by atoms with Gasteiger partial charge in [-0.3, -0.25) is 9.69 Å². The Morgan fingerprint density at radius 2 is 1.88 bits per heavy atom. The number of benzene rings is 1. The van der Waals surface area contributed by atoms with Gasteiger partial charge in [-0.1, -0.05) is 12.1 Å². The van der Waals surface area contributed by atoms with Crippen LogP contribution in [0.5, 0.6) is 0 Å². The first-order valence-electron chi connectivity index (χ1n) is 8.75. The normalized spacial score (nSPS) is 16.4. The molecule has 25 heavy (non-hydrogen) atoms. The molecule has 3 amide bonds. The van der Waals surface area contributed by atoms with Gasteiger partial charge in [0.05, 0.1) is 0 Å². The second-order valence-electron chi connectivity index (χ2n) is 6.57. The van der Waals surface area contributed by atoms with E-state index in [1.165, 1.54) is 16.8 Å². The summed E-state index contributed by atoms with van der Waals surface area (Å²) < 4.78 is 0. The van der Waals surface area contributed by atoms with Gasteiger partial charge in [-0.05, 0) is 38.0 Å². The van der Waals surface area contributed by atoms with Gasteiger partial charge in [0.15, 0.2) is 0 Å². The van der Waals surface area contributed by atoms with Crippen LogP contribution >= 0.6 is 0 Å². The topological polar surface area (TPSA) is 90.7 Å². The monoisotopic (exact) mass is 347 g/mol. The molecule has 0 saturated carbocycles. The zero-order valence-electron chi connectivity index (χ0n) is 15.3. The largest absolute Gasteiger partial charge is 0.369 e. The lowest BCUT2D eigenvalue weighted by atomic mass is 10.1. The van der Waals surface area contributed by atoms with Crippen LogP contribution in [0.4, 0.5) is 10.5 Å². The molecule has 1 aliphatic rings. The average Bonchev–Trinajstić information content (AvgIpc) is 2.57. The molecule has 1 saturated heterocycles. The number of anilines is 1. The fraction of sp³-hybridized carbons (Fsp3) is 0.556. The number of primary amides is 1. The first-order valence-corrected chi connectivity index (χ1v) is 8.75. The third kappa shape index (κ3) is 5.35. The van der Waals surface area contributed by atoms with Crippen LogP contribution in [-0.4, -0.2) is 62.1 Å². The van der Waals surface area contributed by atoms with E-state index in [1.54, 1.807) is 6.92 Å². The molecule has 0 aliphatic carbocycles. The molecule has 0 radical (unpaired) electrons. The highest BCUT2D eigenvalue weighted by Crippen LogP contribution is 2.23. The van der Waals surface area contributed by atoms with Crippen LogP contribution in [0, 0.1) is 13.8 Å². The van der Waals surface area contributed by atoms with Crippen LogP contribution in [-0.2, 0) is 4.79 Å². The maximum absolute atomic E-state index is 11.8. The Hall–Kier alpha value is -2.28. The smallest absolute Gasteiger partial charge is 0.312 e. The van der Waals surface area contributed by atoms with Crippen molar-refractivity contribution < 1.29 is 9.59 Å². The molecule has 7 nitrogen and oxygen atoms in total. The zero-order chi connectivity index (χ0) is 18.4. The van der Waals surface area contributed by atoms with E-state index < -0.39 is 12.1 Å². The molecular formula is C18H29N5O2. The van der Waals surface area contributed by atoms with Gasteiger partial charge in [-0.2, -0.15) is 0 Å². The number of nitrogens with two attached hydrogens (primary N) is 1. The van der Waals surface area contributed by atoms with Gasteiger partial charge in [0.25, 0.3) is 0 Å². The number of aryl methyl sites for hydroxylation is 1. The van der Waals surface area contributed by atoms with Crippen molar-refractivity contribution in [2.45, 2.75) is 26.8 Å². The molecule has 1 aliphatic heterocycles. The quantitative estimate of drug-likeness (QED) is 0.703. The predicted molar refractivity (Wildman–Crippen MR) is 99.8 cm³/mol. The van der Waals surface area contributed by atoms with Crippen molar-refractivity contribution >= 4 is 17.6 Å². The van der Waals surface area contributed by atoms with Gasteiger partial charge in [0.2, 0.25) is 5.91 Å². The van der Waals surface area contributed by atoms with E-state index in [0.29, 0.717) is 6.54 Å². The SMILES string of the molecule is Cc1cccc(N2CCN(CCNC(=O)C(C)NC(N)=O)CC2)c1C. The van der Waals surface area contributed by atoms with Crippen LogP contribution in [0.1, 0.15) is 18.1 Å². The minimum atomic E-state index is -0.690. The van der Waals surface area contributed by atoms with E-state index in [-0.39, 0.29) is 5.91 Å². The van der Waals surface area contributed by atoms with Crippen molar-refractivity contribution in [1.29, 1.82) is 0 Å². The van der Waals surface area contributed by atoms with E-state index in [9.17, 15) is 9.59 Å². The molecule has 138 valence electrons. The summed E-state index contributed by atoms with van der Waals surface area (Å²) in [5.41, 5.74) is 9.00. The summed E-state index contributed by atoms with van der Waals surface area (Å²) >= 11 is 0. The maximum atomic E-state index is 11.8. The molecule has 1 aromatic rings. The lowest BCUT2D eigenvalue weighted by Gasteiger charge is -2.37. The highest BCUT2D eigenvalue weighted by atomic mass is 16.2. The summed E-state index contributed by atoms with van der Waals surface area (Å²) in [7, 11) is 0. The second-order valence-corrected chi connectivity index (χ2v) is 6.57. The van der Waals surface area contributed by atoms with E-state index in [2.05, 4.69) is 52.5 Å². The van der Waals surface area contributed by atoms with Crippen molar-refractivity contribution in [2.24, 2.45) is 5.73 Å². The van der Waals surface area contributed by atoms with Crippen molar-refractivity contribution in [3.63, 3.8) is 0 Å². The van der Waals surface area contributed by atoms with Crippen LogP contribution < -0.4 is 21.3 Å². The number of nitrogens with zero attached hydrogens (tertiary/aromatic N) is 2. The zero-order valence-corrected chi connectivity index (χ0v) is 15.3. The summed E-state index contributed by atoms with van der Waals surface area (Å²) in [6, 6.07) is 5.14. The Labute approximate surface area is 149 Å². The van der Waals surface area contributed by atoms with Gasteiger partial charge in [-0.25, -0.2) is 4.79 Å². The van der Waals surface area contributed by atoms with E-state index >= 15 is 0 Å². The molecule has 1 fully saturated rings. The average molecular weight is 347 g/mol. The van der Waals surface area contributed by atoms with Gasteiger partial charge in [-0.15, -0.1) is 0 Å². The van der Waals surface area contributed by atoms with Crippen LogP contribution in [0.15, 0.2) is 18.2 Å². The van der Waals surface area contributed by atoms with Crippen molar-refractivity contribution in [3.8, 4) is 0 Å². The third-order valence-corrected chi connectivity index (χ3v) is 4.77. The second kappa shape index (κ2) is 8.71. The van der Waals surface area contributed by atoms with E-state index in [1.807, 2.05) is 0 Å². The number of urea groups is 1. The predicted octanol–water partition coefficient (Wildman–Crippen LogP) is 0.598. The Bertz CT molecular complexity index is 611. The molecule has 1 unspecified atom stereocenters. The number of amides is 3. The van der Waals surface area contributed by atoms with Crippen LogP contribution in [0.3, 0.4) is 0 Å². The molecule has 4 N–H and O–H groups in total. The minimum absolute atomic E-state index is 0.215. The van der Waals surface area contributed by atoms with Gasteiger partial charge in [0, 0.05) is 45.0 Å². The fourth-order valence-corrected chi connectivity index (χ4v) is 3.06. The standard InChI is InChI=1S/C18H29N5O2/c1-13-5-4-6-16(14(13)2)23-11-9-22(10-12-23)8-7-20-17(24)15(3)21-18(19)25/h4-6,15H,7-12H2,1-3H3,(H,20,24)(H3,19,21,25). The fourth-order valence-electron chi connectivity index (χ4n) is 3.06. The Kier molecular flexibility index (Phi) is 6.64. The van der Waals surface area contributed by atoms with Gasteiger partial charge in [0.1, 0.15) is 6.04 Å². The minimum Gasteiger partial charge on any atom is -0.369 e. The number of rotatable bonds is 6. The molecule has 7 heteroatoms. The molecular weight excluding hydrogens is 318 g/mol. The highest BCUT2D eigenvalue weighted by Gasteiger charge is 2.19. The molecule has 0 bridgehead atoms. The Morgan fingerprint density at radius 3 is 2.52 bits per heavy atom. The number of nitrogens with one attached hydrogen (secondary N) is 2.